The molecular formula is C14H21N3O2. The van der Waals surface area contributed by atoms with Crippen LogP contribution >= 0.6 is 0 Å². The zero-order valence-electron chi connectivity index (χ0n) is 11.4. The van der Waals surface area contributed by atoms with Crippen molar-refractivity contribution >= 4 is 17.3 Å². The fourth-order valence-electron chi connectivity index (χ4n) is 2.23. The first-order valence-electron chi connectivity index (χ1n) is 6.62. The quantitative estimate of drug-likeness (QED) is 0.807. The molecule has 1 amide bonds. The Morgan fingerprint density at radius 2 is 2.21 bits per heavy atom. The number of rotatable bonds is 4. The van der Waals surface area contributed by atoms with Crippen molar-refractivity contribution in [2.75, 3.05) is 17.2 Å². The van der Waals surface area contributed by atoms with Crippen LogP contribution in [0, 0.1) is 0 Å². The average Bonchev–Trinajstić information content (AvgIpc) is 2.34. The summed E-state index contributed by atoms with van der Waals surface area (Å²) < 4.78 is 5.59. The normalized spacial score (nSPS) is 19.8. The first kappa shape index (κ1) is 13.7. The van der Waals surface area contributed by atoms with Crippen LogP contribution in [-0.4, -0.2) is 24.6 Å². The molecule has 2 atom stereocenters. The van der Waals surface area contributed by atoms with Crippen molar-refractivity contribution in [3.63, 3.8) is 0 Å². The number of anilines is 2. The number of benzene rings is 1. The lowest BCUT2D eigenvalue weighted by atomic mass is 10.1. The molecule has 0 spiro atoms. The third kappa shape index (κ3) is 2.98. The highest BCUT2D eigenvalue weighted by Crippen LogP contribution is 2.35. The zero-order valence-corrected chi connectivity index (χ0v) is 11.4. The van der Waals surface area contributed by atoms with E-state index in [9.17, 15) is 4.79 Å². The molecule has 0 aliphatic carbocycles. The molecule has 0 saturated carbocycles. The van der Waals surface area contributed by atoms with Crippen LogP contribution in [0.4, 0.5) is 11.4 Å². The van der Waals surface area contributed by atoms with E-state index in [1.807, 2.05) is 13.0 Å². The molecule has 5 heteroatoms. The Balaban J connectivity index is 2.20. The minimum absolute atomic E-state index is 0.0252. The number of amides is 1. The van der Waals surface area contributed by atoms with E-state index in [0.29, 0.717) is 18.0 Å². The molecule has 1 aliphatic rings. The van der Waals surface area contributed by atoms with Crippen molar-refractivity contribution in [3.05, 3.63) is 18.2 Å². The Morgan fingerprint density at radius 3 is 2.89 bits per heavy atom. The smallest absolute Gasteiger partial charge is 0.267 e. The van der Waals surface area contributed by atoms with Gasteiger partial charge < -0.3 is 21.1 Å². The number of hydrogen-bond acceptors (Lipinski definition) is 4. The van der Waals surface area contributed by atoms with E-state index in [4.69, 9.17) is 16.2 Å². The van der Waals surface area contributed by atoms with Gasteiger partial charge >= 0.3 is 0 Å². The lowest BCUT2D eigenvalue weighted by Gasteiger charge is -2.33. The summed E-state index contributed by atoms with van der Waals surface area (Å²) in [6, 6.07) is 5.52. The molecule has 2 rings (SSSR count). The minimum atomic E-state index is -0.452. The van der Waals surface area contributed by atoms with Gasteiger partial charge in [0.1, 0.15) is 5.75 Å². The summed E-state index contributed by atoms with van der Waals surface area (Å²) >= 11 is 0. The van der Waals surface area contributed by atoms with Gasteiger partial charge in [0.15, 0.2) is 6.10 Å². The number of carbonyl (C=O) groups is 1. The average molecular weight is 263 g/mol. The second kappa shape index (κ2) is 5.48. The molecule has 4 N–H and O–H groups in total. The third-order valence-corrected chi connectivity index (χ3v) is 3.23. The minimum Gasteiger partial charge on any atom is -0.479 e. The van der Waals surface area contributed by atoms with E-state index in [2.05, 4.69) is 0 Å². The highest BCUT2D eigenvalue weighted by atomic mass is 16.5. The Hall–Kier alpha value is -1.75. The van der Waals surface area contributed by atoms with Gasteiger partial charge in [-0.25, -0.2) is 0 Å². The number of nitrogens with two attached hydrogens (primary N) is 2. The number of nitrogen functional groups attached to an aromatic ring is 1. The van der Waals surface area contributed by atoms with Crippen LogP contribution < -0.4 is 21.1 Å². The van der Waals surface area contributed by atoms with Gasteiger partial charge in [-0.1, -0.05) is 0 Å². The van der Waals surface area contributed by atoms with Gasteiger partial charge in [-0.3, -0.25) is 4.79 Å². The molecule has 19 heavy (non-hydrogen) atoms. The number of fused-ring (bicyclic) bond motifs is 1. The van der Waals surface area contributed by atoms with Crippen molar-refractivity contribution < 1.29 is 9.53 Å². The summed E-state index contributed by atoms with van der Waals surface area (Å²) in [6.07, 6.45) is 1.30. The molecule has 1 aromatic carbocycles. The molecule has 0 fully saturated rings. The third-order valence-electron chi connectivity index (χ3n) is 3.23. The fraction of sp³-hybridized carbons (Fsp3) is 0.500. The summed E-state index contributed by atoms with van der Waals surface area (Å²) in [6.45, 7) is 4.38. The molecule has 1 aliphatic heterocycles. The number of carbonyl (C=O) groups excluding carboxylic acids is 1. The Morgan fingerprint density at radius 1 is 1.47 bits per heavy atom. The number of ether oxygens (including phenoxy) is 1. The predicted molar refractivity (Wildman–Crippen MR) is 76.2 cm³/mol. The van der Waals surface area contributed by atoms with Crippen LogP contribution in [0.3, 0.4) is 0 Å². The first-order chi connectivity index (χ1) is 8.99. The van der Waals surface area contributed by atoms with Gasteiger partial charge in [-0.05, 0) is 44.9 Å². The largest absolute Gasteiger partial charge is 0.479 e. The topological polar surface area (TPSA) is 81.6 Å². The SMILES string of the molecule is CC(N)CCCN1C(=O)C(C)Oc2ccc(N)cc21. The Kier molecular flexibility index (Phi) is 3.95. The van der Waals surface area contributed by atoms with Crippen LogP contribution in [-0.2, 0) is 4.79 Å². The molecule has 1 aromatic rings. The highest BCUT2D eigenvalue weighted by molar-refractivity contribution is 6.00. The van der Waals surface area contributed by atoms with E-state index in [0.717, 1.165) is 18.5 Å². The summed E-state index contributed by atoms with van der Waals surface area (Å²) in [4.78, 5) is 14.0. The molecule has 0 bridgehead atoms. The number of nitrogens with zero attached hydrogens (tertiary/aromatic N) is 1. The molecular weight excluding hydrogens is 242 g/mol. The molecule has 1 heterocycles. The van der Waals surface area contributed by atoms with Crippen LogP contribution in [0.1, 0.15) is 26.7 Å². The Labute approximate surface area is 113 Å². The second-order valence-corrected chi connectivity index (χ2v) is 5.10. The van der Waals surface area contributed by atoms with Crippen LogP contribution in [0.5, 0.6) is 5.75 Å². The first-order valence-corrected chi connectivity index (χ1v) is 6.62. The van der Waals surface area contributed by atoms with Gasteiger partial charge in [0.05, 0.1) is 5.69 Å². The summed E-state index contributed by atoms with van der Waals surface area (Å²) in [5.74, 6) is 0.685. The van der Waals surface area contributed by atoms with Crippen molar-refractivity contribution in [2.45, 2.75) is 38.8 Å². The number of hydrogen-bond donors (Lipinski definition) is 2. The highest BCUT2D eigenvalue weighted by Gasteiger charge is 2.31. The molecule has 104 valence electrons. The van der Waals surface area contributed by atoms with Gasteiger partial charge in [0, 0.05) is 18.3 Å². The lowest BCUT2D eigenvalue weighted by Crippen LogP contribution is -2.45. The molecule has 0 saturated heterocycles. The summed E-state index contributed by atoms with van der Waals surface area (Å²) in [5, 5.41) is 0. The molecule has 0 aromatic heterocycles. The maximum atomic E-state index is 12.2. The molecule has 5 nitrogen and oxygen atoms in total. The second-order valence-electron chi connectivity index (χ2n) is 5.10. The van der Waals surface area contributed by atoms with Crippen molar-refractivity contribution in [1.82, 2.24) is 0 Å². The Bertz CT molecular complexity index is 474. The van der Waals surface area contributed by atoms with E-state index >= 15 is 0 Å². The van der Waals surface area contributed by atoms with Gasteiger partial charge in [0.25, 0.3) is 5.91 Å². The maximum Gasteiger partial charge on any atom is 0.267 e. The van der Waals surface area contributed by atoms with Crippen molar-refractivity contribution in [1.29, 1.82) is 0 Å². The standard InChI is InChI=1S/C14H21N3O2/c1-9(15)4-3-7-17-12-8-11(16)5-6-13(12)19-10(2)14(17)18/h5-6,8-10H,3-4,7,15-16H2,1-2H3. The van der Waals surface area contributed by atoms with Gasteiger partial charge in [-0.2, -0.15) is 0 Å². The van der Waals surface area contributed by atoms with Gasteiger partial charge in [0.2, 0.25) is 0 Å². The molecule has 0 radical (unpaired) electrons. The van der Waals surface area contributed by atoms with Gasteiger partial charge in [-0.15, -0.1) is 0 Å². The van der Waals surface area contributed by atoms with E-state index in [1.54, 1.807) is 24.0 Å². The zero-order chi connectivity index (χ0) is 14.0. The lowest BCUT2D eigenvalue weighted by molar-refractivity contribution is -0.125. The van der Waals surface area contributed by atoms with Crippen molar-refractivity contribution in [3.8, 4) is 5.75 Å². The maximum absolute atomic E-state index is 12.2. The van der Waals surface area contributed by atoms with E-state index in [1.165, 1.54) is 0 Å². The van der Waals surface area contributed by atoms with Crippen LogP contribution in [0.25, 0.3) is 0 Å². The molecule has 2 unspecified atom stereocenters. The predicted octanol–water partition coefficient (Wildman–Crippen LogP) is 1.51. The fourth-order valence-corrected chi connectivity index (χ4v) is 2.23. The van der Waals surface area contributed by atoms with Crippen molar-refractivity contribution in [2.24, 2.45) is 5.73 Å². The summed E-state index contributed by atoms with van der Waals surface area (Å²) in [7, 11) is 0. The van der Waals surface area contributed by atoms with E-state index < -0.39 is 6.10 Å². The monoisotopic (exact) mass is 263 g/mol. The van der Waals surface area contributed by atoms with E-state index in [-0.39, 0.29) is 11.9 Å². The summed E-state index contributed by atoms with van der Waals surface area (Å²) in [5.41, 5.74) is 12.9. The van der Waals surface area contributed by atoms with Crippen LogP contribution in [0.15, 0.2) is 18.2 Å². The van der Waals surface area contributed by atoms with Crippen LogP contribution in [0.2, 0.25) is 0 Å².